The monoisotopic (exact) mass is 424 g/mol. The number of aromatic nitrogens is 2. The van der Waals surface area contributed by atoms with Crippen LogP contribution in [0.2, 0.25) is 5.02 Å². The van der Waals surface area contributed by atoms with Gasteiger partial charge in [-0.1, -0.05) is 30.3 Å². The highest BCUT2D eigenvalue weighted by atomic mass is 35.5. The third kappa shape index (κ3) is 5.49. The van der Waals surface area contributed by atoms with Gasteiger partial charge in [-0.3, -0.25) is 4.79 Å². The fourth-order valence-electron chi connectivity index (χ4n) is 2.22. The number of nitrogens with zero attached hydrogens (tertiary/aromatic N) is 2. The fraction of sp³-hybridized carbons (Fsp3) is 0.333. The van der Waals surface area contributed by atoms with Crippen LogP contribution in [0.4, 0.5) is 11.5 Å². The van der Waals surface area contributed by atoms with Gasteiger partial charge in [-0.25, -0.2) is 14.8 Å². The van der Waals surface area contributed by atoms with Crippen molar-refractivity contribution in [2.24, 2.45) is 0 Å². The highest BCUT2D eigenvalue weighted by molar-refractivity contribution is 8.00. The number of nitrogens with two attached hydrogens (primary N) is 1. The highest BCUT2D eigenvalue weighted by Gasteiger charge is 2.21. The van der Waals surface area contributed by atoms with E-state index in [0.29, 0.717) is 28.0 Å². The van der Waals surface area contributed by atoms with Gasteiger partial charge in [0, 0.05) is 11.9 Å². The predicted molar refractivity (Wildman–Crippen MR) is 109 cm³/mol. The van der Waals surface area contributed by atoms with Crippen LogP contribution in [-0.4, -0.2) is 40.8 Å². The lowest BCUT2D eigenvalue weighted by molar-refractivity contribution is -0.115. The molecule has 0 bridgehead atoms. The summed E-state index contributed by atoms with van der Waals surface area (Å²) >= 11 is 7.24. The number of carbonyl (C=O) groups excluding carboxylic acids is 2. The molecule has 1 atom stereocenters. The number of anilines is 2. The minimum absolute atomic E-state index is 0.00754. The smallest absolute Gasteiger partial charge is 0.343 e. The van der Waals surface area contributed by atoms with Gasteiger partial charge in [0.25, 0.3) is 0 Å². The van der Waals surface area contributed by atoms with Gasteiger partial charge in [-0.05, 0) is 31.5 Å². The first kappa shape index (κ1) is 21.8. The number of carbonyl (C=O) groups is 2. The number of hydrogen-bond donors (Lipinski definition) is 2. The lowest BCUT2D eigenvalue weighted by Crippen LogP contribution is -2.25. The third-order valence-electron chi connectivity index (χ3n) is 3.62. The molecule has 0 fully saturated rings. The molecule has 0 unspecified atom stereocenters. The second-order valence-corrected chi connectivity index (χ2v) is 7.10. The van der Waals surface area contributed by atoms with Crippen molar-refractivity contribution in [1.29, 1.82) is 0 Å². The van der Waals surface area contributed by atoms with E-state index in [1.165, 1.54) is 13.3 Å². The van der Waals surface area contributed by atoms with Crippen LogP contribution >= 0.6 is 23.4 Å². The SMILES string of the molecule is CCOC(=O)c1cnc(S[C@H](CC)C(=O)Nc2ccc(OC)c(Cl)c2)nc1N. The van der Waals surface area contributed by atoms with E-state index in [1.807, 2.05) is 6.92 Å². The summed E-state index contributed by atoms with van der Waals surface area (Å²) in [6, 6.07) is 4.98. The molecule has 150 valence electrons. The fourth-order valence-corrected chi connectivity index (χ4v) is 3.33. The first-order chi connectivity index (χ1) is 13.4. The summed E-state index contributed by atoms with van der Waals surface area (Å²) in [6.07, 6.45) is 1.83. The summed E-state index contributed by atoms with van der Waals surface area (Å²) in [5, 5.41) is 3.03. The van der Waals surface area contributed by atoms with Crippen LogP contribution in [-0.2, 0) is 9.53 Å². The number of ether oxygens (including phenoxy) is 2. The Kier molecular flexibility index (Phi) is 7.89. The maximum atomic E-state index is 12.6. The van der Waals surface area contributed by atoms with Gasteiger partial charge in [0.05, 0.1) is 24.0 Å². The first-order valence-electron chi connectivity index (χ1n) is 8.50. The van der Waals surface area contributed by atoms with Crippen LogP contribution in [0.3, 0.4) is 0 Å². The lowest BCUT2D eigenvalue weighted by atomic mass is 10.2. The molecule has 0 saturated heterocycles. The van der Waals surface area contributed by atoms with Gasteiger partial charge >= 0.3 is 5.97 Å². The number of nitrogens with one attached hydrogen (secondary N) is 1. The van der Waals surface area contributed by atoms with Crippen molar-refractivity contribution < 1.29 is 19.1 Å². The van der Waals surface area contributed by atoms with E-state index >= 15 is 0 Å². The molecule has 2 rings (SSSR count). The Morgan fingerprint density at radius 3 is 2.68 bits per heavy atom. The second kappa shape index (κ2) is 10.1. The predicted octanol–water partition coefficient (Wildman–Crippen LogP) is 3.41. The van der Waals surface area contributed by atoms with Gasteiger partial charge in [-0.15, -0.1) is 0 Å². The first-order valence-corrected chi connectivity index (χ1v) is 9.76. The van der Waals surface area contributed by atoms with Crippen LogP contribution in [0, 0.1) is 0 Å². The van der Waals surface area contributed by atoms with Crippen molar-refractivity contribution in [3.05, 3.63) is 35.0 Å². The van der Waals surface area contributed by atoms with Crippen LogP contribution in [0.15, 0.2) is 29.6 Å². The summed E-state index contributed by atoms with van der Waals surface area (Å²) in [5.41, 5.74) is 6.46. The van der Waals surface area contributed by atoms with E-state index in [-0.39, 0.29) is 23.9 Å². The largest absolute Gasteiger partial charge is 0.495 e. The average molecular weight is 425 g/mol. The Balaban J connectivity index is 2.08. The molecule has 3 N–H and O–H groups in total. The minimum atomic E-state index is -0.585. The summed E-state index contributed by atoms with van der Waals surface area (Å²) in [7, 11) is 1.52. The van der Waals surface area contributed by atoms with Gasteiger partial charge in [0.1, 0.15) is 17.1 Å². The van der Waals surface area contributed by atoms with Crippen molar-refractivity contribution in [2.75, 3.05) is 24.8 Å². The zero-order chi connectivity index (χ0) is 20.7. The molecule has 0 spiro atoms. The number of nitrogen functional groups attached to an aromatic ring is 1. The molecule has 0 aliphatic rings. The van der Waals surface area contributed by atoms with E-state index in [2.05, 4.69) is 15.3 Å². The van der Waals surface area contributed by atoms with Gasteiger partial charge in [-0.2, -0.15) is 0 Å². The van der Waals surface area contributed by atoms with Crippen LogP contribution in [0.25, 0.3) is 0 Å². The zero-order valence-electron chi connectivity index (χ0n) is 15.7. The third-order valence-corrected chi connectivity index (χ3v) is 5.16. The second-order valence-electron chi connectivity index (χ2n) is 5.53. The Hall–Kier alpha value is -2.52. The average Bonchev–Trinajstić information content (AvgIpc) is 2.66. The number of halogens is 1. The molecule has 28 heavy (non-hydrogen) atoms. The molecule has 0 saturated carbocycles. The maximum absolute atomic E-state index is 12.6. The number of methoxy groups -OCH3 is 1. The molecule has 1 aromatic heterocycles. The number of esters is 1. The molecular weight excluding hydrogens is 404 g/mol. The summed E-state index contributed by atoms with van der Waals surface area (Å²) < 4.78 is 9.99. The number of thioether (sulfide) groups is 1. The molecule has 0 radical (unpaired) electrons. The van der Waals surface area contributed by atoms with E-state index < -0.39 is 11.2 Å². The number of benzene rings is 1. The standard InChI is InChI=1S/C18H21ClN4O4S/c1-4-14(16(24)22-10-6-7-13(26-3)12(19)8-10)28-18-21-9-11(15(20)23-18)17(25)27-5-2/h6-9,14H,4-5H2,1-3H3,(H,22,24)(H2,20,21,23)/t14-/m1/s1. The summed E-state index contributed by atoms with van der Waals surface area (Å²) in [4.78, 5) is 32.6. The van der Waals surface area contributed by atoms with Crippen LogP contribution in [0.5, 0.6) is 5.75 Å². The van der Waals surface area contributed by atoms with E-state index in [0.717, 1.165) is 11.8 Å². The van der Waals surface area contributed by atoms with Crippen LogP contribution in [0.1, 0.15) is 30.6 Å². The molecular formula is C18H21ClN4O4S. The molecule has 2 aromatic rings. The van der Waals surface area contributed by atoms with Gasteiger partial charge in [0.15, 0.2) is 5.16 Å². The normalized spacial score (nSPS) is 11.6. The summed E-state index contributed by atoms with van der Waals surface area (Å²) in [6.45, 7) is 3.79. The molecule has 0 aliphatic heterocycles. The van der Waals surface area contributed by atoms with Gasteiger partial charge < -0.3 is 20.5 Å². The molecule has 0 aliphatic carbocycles. The zero-order valence-corrected chi connectivity index (χ0v) is 17.3. The van der Waals surface area contributed by atoms with Crippen molar-refractivity contribution in [2.45, 2.75) is 30.7 Å². The molecule has 8 nitrogen and oxygen atoms in total. The van der Waals surface area contributed by atoms with Crippen molar-refractivity contribution >= 4 is 46.7 Å². The van der Waals surface area contributed by atoms with Crippen LogP contribution < -0.4 is 15.8 Å². The quantitative estimate of drug-likeness (QED) is 0.376. The molecule has 10 heteroatoms. The van der Waals surface area contributed by atoms with E-state index in [9.17, 15) is 9.59 Å². The minimum Gasteiger partial charge on any atom is -0.495 e. The molecule has 1 aromatic carbocycles. The van der Waals surface area contributed by atoms with Gasteiger partial charge in [0.2, 0.25) is 5.91 Å². The highest BCUT2D eigenvalue weighted by Crippen LogP contribution is 2.29. The Morgan fingerprint density at radius 2 is 2.11 bits per heavy atom. The molecule has 1 amide bonds. The lowest BCUT2D eigenvalue weighted by Gasteiger charge is -2.15. The molecule has 1 heterocycles. The number of amides is 1. The number of rotatable bonds is 8. The van der Waals surface area contributed by atoms with E-state index in [1.54, 1.807) is 25.1 Å². The topological polar surface area (TPSA) is 116 Å². The van der Waals surface area contributed by atoms with Crippen molar-refractivity contribution in [3.63, 3.8) is 0 Å². The Labute approximate surface area is 172 Å². The Bertz CT molecular complexity index is 865. The Morgan fingerprint density at radius 1 is 1.36 bits per heavy atom. The van der Waals surface area contributed by atoms with Crippen molar-refractivity contribution in [1.82, 2.24) is 9.97 Å². The summed E-state index contributed by atoms with van der Waals surface area (Å²) in [5.74, 6) is -0.289. The maximum Gasteiger partial charge on any atom is 0.343 e. The van der Waals surface area contributed by atoms with E-state index in [4.69, 9.17) is 26.8 Å². The number of hydrogen-bond acceptors (Lipinski definition) is 8. The van der Waals surface area contributed by atoms with Crippen molar-refractivity contribution in [3.8, 4) is 5.75 Å².